The molecule has 0 aliphatic rings. The Kier molecular flexibility index (Phi) is 11.5. The summed E-state index contributed by atoms with van der Waals surface area (Å²) in [4.78, 5) is 2.73. The second-order valence-corrected chi connectivity index (χ2v) is 7.08. The Labute approximate surface area is 128 Å². The zero-order chi connectivity index (χ0) is 15.5. The van der Waals surface area contributed by atoms with Crippen LogP contribution in [-0.4, -0.2) is 30.6 Å². The fraction of sp³-hybridized carbons (Fsp3) is 1.00. The van der Waals surface area contributed by atoms with E-state index in [9.17, 15) is 0 Å². The van der Waals surface area contributed by atoms with Crippen LogP contribution in [-0.2, 0) is 0 Å². The van der Waals surface area contributed by atoms with Crippen LogP contribution in [0.4, 0.5) is 0 Å². The van der Waals surface area contributed by atoms with Crippen molar-refractivity contribution in [3.05, 3.63) is 0 Å². The summed E-state index contributed by atoms with van der Waals surface area (Å²) in [6, 6.07) is 0.768. The molecular weight excluding hydrogens is 244 g/mol. The van der Waals surface area contributed by atoms with E-state index in [1.165, 1.54) is 45.2 Å². The summed E-state index contributed by atoms with van der Waals surface area (Å²) in [5.74, 6) is 2.34. The van der Waals surface area contributed by atoms with Crippen molar-refractivity contribution in [2.24, 2.45) is 23.5 Å². The molecule has 0 rings (SSSR count). The third kappa shape index (κ3) is 8.26. The number of nitrogens with zero attached hydrogens (tertiary/aromatic N) is 1. The minimum atomic E-state index is 0.764. The van der Waals surface area contributed by atoms with Gasteiger partial charge in [-0.15, -0.1) is 0 Å². The Hall–Kier alpha value is -0.0800. The van der Waals surface area contributed by atoms with Crippen LogP contribution in [0.1, 0.15) is 73.6 Å². The summed E-state index contributed by atoms with van der Waals surface area (Å²) >= 11 is 0. The van der Waals surface area contributed by atoms with Crippen molar-refractivity contribution in [1.82, 2.24) is 4.90 Å². The van der Waals surface area contributed by atoms with Crippen LogP contribution in [0.15, 0.2) is 0 Å². The largest absolute Gasteiger partial charge is 0.330 e. The number of nitrogens with two attached hydrogens (primary N) is 1. The lowest BCUT2D eigenvalue weighted by molar-refractivity contribution is 0.157. The van der Waals surface area contributed by atoms with Crippen LogP contribution in [0.5, 0.6) is 0 Å². The molecule has 0 saturated carbocycles. The molecule has 0 radical (unpaired) electrons. The average Bonchev–Trinajstić information content (AvgIpc) is 2.38. The standard InChI is InChI=1S/C18H40N2/c1-7-18(8-2)20(14-15(3)4)13-9-10-17(11-12-19)16(5)6/h15-18H,7-14,19H2,1-6H3. The van der Waals surface area contributed by atoms with Gasteiger partial charge in [-0.25, -0.2) is 0 Å². The molecule has 2 heteroatoms. The summed E-state index contributed by atoms with van der Waals surface area (Å²) in [7, 11) is 0. The van der Waals surface area contributed by atoms with Gasteiger partial charge in [0.05, 0.1) is 0 Å². The molecule has 0 aromatic rings. The first-order chi connectivity index (χ1) is 9.46. The van der Waals surface area contributed by atoms with Crippen molar-refractivity contribution in [3.8, 4) is 0 Å². The fourth-order valence-electron chi connectivity index (χ4n) is 3.28. The maximum Gasteiger partial charge on any atom is 0.00901 e. The van der Waals surface area contributed by atoms with Crippen molar-refractivity contribution in [2.75, 3.05) is 19.6 Å². The van der Waals surface area contributed by atoms with Gasteiger partial charge in [0.15, 0.2) is 0 Å². The quantitative estimate of drug-likeness (QED) is 0.570. The van der Waals surface area contributed by atoms with E-state index in [1.807, 2.05) is 0 Å². The molecule has 2 nitrogen and oxygen atoms in total. The second kappa shape index (κ2) is 11.6. The van der Waals surface area contributed by atoms with Crippen LogP contribution in [0, 0.1) is 17.8 Å². The van der Waals surface area contributed by atoms with Crippen molar-refractivity contribution >= 4 is 0 Å². The van der Waals surface area contributed by atoms with Crippen LogP contribution in [0.2, 0.25) is 0 Å². The number of rotatable bonds is 12. The van der Waals surface area contributed by atoms with E-state index in [1.54, 1.807) is 0 Å². The topological polar surface area (TPSA) is 29.3 Å². The molecule has 0 heterocycles. The minimum absolute atomic E-state index is 0.764. The Morgan fingerprint density at radius 2 is 1.55 bits per heavy atom. The third-order valence-corrected chi connectivity index (χ3v) is 4.56. The van der Waals surface area contributed by atoms with Crippen molar-refractivity contribution in [2.45, 2.75) is 79.7 Å². The molecule has 0 spiro atoms. The van der Waals surface area contributed by atoms with Crippen molar-refractivity contribution in [3.63, 3.8) is 0 Å². The van der Waals surface area contributed by atoms with E-state index in [-0.39, 0.29) is 0 Å². The summed E-state index contributed by atoms with van der Waals surface area (Å²) in [5, 5.41) is 0. The predicted molar refractivity (Wildman–Crippen MR) is 92.0 cm³/mol. The maximum atomic E-state index is 5.75. The van der Waals surface area contributed by atoms with Gasteiger partial charge in [-0.1, -0.05) is 41.5 Å². The summed E-state index contributed by atoms with van der Waals surface area (Å²) in [5.41, 5.74) is 5.75. The lowest BCUT2D eigenvalue weighted by atomic mass is 9.88. The zero-order valence-electron chi connectivity index (χ0n) is 15.0. The Balaban J connectivity index is 4.30. The first-order valence-electron chi connectivity index (χ1n) is 8.90. The molecule has 0 fully saturated rings. The smallest absolute Gasteiger partial charge is 0.00901 e. The maximum absolute atomic E-state index is 5.75. The van der Waals surface area contributed by atoms with Crippen LogP contribution in [0.25, 0.3) is 0 Å². The van der Waals surface area contributed by atoms with Crippen LogP contribution in [0.3, 0.4) is 0 Å². The van der Waals surface area contributed by atoms with Gasteiger partial charge in [0, 0.05) is 12.6 Å². The van der Waals surface area contributed by atoms with Gasteiger partial charge in [0.2, 0.25) is 0 Å². The molecule has 0 aliphatic heterocycles. The van der Waals surface area contributed by atoms with Crippen LogP contribution >= 0.6 is 0 Å². The predicted octanol–water partition coefficient (Wildman–Crippen LogP) is 4.53. The highest BCUT2D eigenvalue weighted by atomic mass is 15.1. The molecule has 0 amide bonds. The second-order valence-electron chi connectivity index (χ2n) is 7.08. The molecule has 2 N–H and O–H groups in total. The highest BCUT2D eigenvalue weighted by Gasteiger charge is 2.17. The molecule has 0 aromatic carbocycles. The van der Waals surface area contributed by atoms with Crippen molar-refractivity contribution < 1.29 is 0 Å². The molecule has 1 unspecified atom stereocenters. The highest BCUT2D eigenvalue weighted by molar-refractivity contribution is 4.72. The first-order valence-corrected chi connectivity index (χ1v) is 8.90. The van der Waals surface area contributed by atoms with Gasteiger partial charge in [0.25, 0.3) is 0 Å². The van der Waals surface area contributed by atoms with Gasteiger partial charge in [-0.05, 0) is 62.9 Å². The minimum Gasteiger partial charge on any atom is -0.330 e. The molecule has 1 atom stereocenters. The van der Waals surface area contributed by atoms with Gasteiger partial charge >= 0.3 is 0 Å². The monoisotopic (exact) mass is 284 g/mol. The fourth-order valence-corrected chi connectivity index (χ4v) is 3.28. The first kappa shape index (κ1) is 19.9. The molecule has 0 saturated heterocycles. The van der Waals surface area contributed by atoms with E-state index in [0.717, 1.165) is 30.3 Å². The molecule has 122 valence electrons. The van der Waals surface area contributed by atoms with Crippen LogP contribution < -0.4 is 5.73 Å². The summed E-state index contributed by atoms with van der Waals surface area (Å²) in [6.45, 7) is 17.3. The normalized spacial score (nSPS) is 13.9. The van der Waals surface area contributed by atoms with Gasteiger partial charge in [0.1, 0.15) is 0 Å². The lowest BCUT2D eigenvalue weighted by Crippen LogP contribution is -2.38. The SMILES string of the molecule is CCC(CC)N(CCCC(CCN)C(C)C)CC(C)C. The van der Waals surface area contributed by atoms with Crippen molar-refractivity contribution in [1.29, 1.82) is 0 Å². The van der Waals surface area contributed by atoms with E-state index in [2.05, 4.69) is 46.4 Å². The van der Waals surface area contributed by atoms with Gasteiger partial charge in [-0.2, -0.15) is 0 Å². The number of hydrogen-bond donors (Lipinski definition) is 1. The zero-order valence-corrected chi connectivity index (χ0v) is 15.0. The third-order valence-electron chi connectivity index (χ3n) is 4.56. The molecule has 20 heavy (non-hydrogen) atoms. The molecule has 0 aromatic heterocycles. The van der Waals surface area contributed by atoms with E-state index in [0.29, 0.717) is 0 Å². The van der Waals surface area contributed by atoms with E-state index >= 15 is 0 Å². The highest BCUT2D eigenvalue weighted by Crippen LogP contribution is 2.21. The molecule has 0 bridgehead atoms. The lowest BCUT2D eigenvalue weighted by Gasteiger charge is -2.32. The number of hydrogen-bond acceptors (Lipinski definition) is 2. The Morgan fingerprint density at radius 1 is 0.950 bits per heavy atom. The Morgan fingerprint density at radius 3 is 1.95 bits per heavy atom. The van der Waals surface area contributed by atoms with Gasteiger partial charge < -0.3 is 10.6 Å². The molecular formula is C18H40N2. The van der Waals surface area contributed by atoms with E-state index in [4.69, 9.17) is 5.73 Å². The molecule has 0 aliphatic carbocycles. The summed E-state index contributed by atoms with van der Waals surface area (Å²) < 4.78 is 0. The average molecular weight is 285 g/mol. The summed E-state index contributed by atoms with van der Waals surface area (Å²) in [6.07, 6.45) is 6.40. The van der Waals surface area contributed by atoms with E-state index < -0.39 is 0 Å². The Bertz CT molecular complexity index is 209. The van der Waals surface area contributed by atoms with Gasteiger partial charge in [-0.3, -0.25) is 0 Å².